The molecule has 1 aliphatic heterocycles. The van der Waals surface area contributed by atoms with Gasteiger partial charge in [0.2, 0.25) is 5.91 Å². The first-order valence-corrected chi connectivity index (χ1v) is 8.09. The summed E-state index contributed by atoms with van der Waals surface area (Å²) in [5.74, 6) is 0.0371. The normalized spacial score (nSPS) is 16.0. The summed E-state index contributed by atoms with van der Waals surface area (Å²) < 4.78 is 0. The van der Waals surface area contributed by atoms with Crippen LogP contribution < -0.4 is 10.6 Å². The van der Waals surface area contributed by atoms with Crippen molar-refractivity contribution in [2.75, 3.05) is 13.1 Å². The van der Waals surface area contributed by atoms with Crippen LogP contribution in [0.1, 0.15) is 39.2 Å². The molecule has 1 fully saturated rings. The number of carbonyl (C=O) groups is 2. The molecule has 0 aliphatic carbocycles. The molecule has 1 aliphatic rings. The van der Waals surface area contributed by atoms with E-state index in [4.69, 9.17) is 0 Å². The minimum atomic E-state index is -0.241. The van der Waals surface area contributed by atoms with Crippen LogP contribution >= 0.6 is 0 Å². The van der Waals surface area contributed by atoms with Gasteiger partial charge in [0.15, 0.2) is 0 Å². The van der Waals surface area contributed by atoms with E-state index in [0.29, 0.717) is 32.5 Å². The number of urea groups is 1. The van der Waals surface area contributed by atoms with E-state index in [1.165, 1.54) is 0 Å². The Hall–Kier alpha value is -2.11. The van der Waals surface area contributed by atoms with Crippen molar-refractivity contribution < 1.29 is 9.59 Å². The Morgan fingerprint density at radius 3 is 2.57 bits per heavy atom. The van der Waals surface area contributed by atoms with Crippen molar-refractivity contribution in [1.82, 2.24) is 20.5 Å². The molecule has 1 aromatic rings. The van der Waals surface area contributed by atoms with E-state index >= 15 is 0 Å². The Labute approximate surface area is 137 Å². The molecule has 1 aromatic heterocycles. The number of nitrogens with zero attached hydrogens (tertiary/aromatic N) is 2. The number of nitrogens with one attached hydrogen (secondary N) is 2. The largest absolute Gasteiger partial charge is 0.352 e. The maximum Gasteiger partial charge on any atom is 0.317 e. The number of hydrogen-bond acceptors (Lipinski definition) is 3. The highest BCUT2D eigenvalue weighted by Crippen LogP contribution is 2.18. The molecule has 0 aromatic carbocycles. The van der Waals surface area contributed by atoms with Crippen molar-refractivity contribution in [2.45, 2.75) is 45.7 Å². The zero-order valence-electron chi connectivity index (χ0n) is 14.1. The van der Waals surface area contributed by atoms with Gasteiger partial charge < -0.3 is 15.5 Å². The quantitative estimate of drug-likeness (QED) is 0.894. The third-order valence-corrected chi connectivity index (χ3v) is 3.82. The lowest BCUT2D eigenvalue weighted by Gasteiger charge is -2.33. The second-order valence-electron chi connectivity index (χ2n) is 7.02. The van der Waals surface area contributed by atoms with Crippen LogP contribution in [0.5, 0.6) is 0 Å². The Kier molecular flexibility index (Phi) is 5.58. The summed E-state index contributed by atoms with van der Waals surface area (Å²) in [6.45, 7) is 7.62. The molecule has 2 N–H and O–H groups in total. The van der Waals surface area contributed by atoms with Gasteiger partial charge in [0.05, 0.1) is 0 Å². The number of pyridine rings is 1. The third kappa shape index (κ3) is 5.54. The maximum absolute atomic E-state index is 12.2. The van der Waals surface area contributed by atoms with Crippen LogP contribution in [-0.4, -0.2) is 40.5 Å². The van der Waals surface area contributed by atoms with Gasteiger partial charge in [0, 0.05) is 43.5 Å². The molecular formula is C17H26N4O2. The zero-order valence-corrected chi connectivity index (χ0v) is 14.1. The molecule has 6 nitrogen and oxygen atoms in total. The van der Waals surface area contributed by atoms with E-state index < -0.39 is 0 Å². The SMILES string of the molecule is CC(C)(C)NC(=O)N1CCC(C(=O)NCc2cccnc2)CC1. The van der Waals surface area contributed by atoms with E-state index in [0.717, 1.165) is 5.56 Å². The number of carbonyl (C=O) groups excluding carboxylic acids is 2. The van der Waals surface area contributed by atoms with Crippen molar-refractivity contribution in [3.63, 3.8) is 0 Å². The first-order valence-electron chi connectivity index (χ1n) is 8.09. The lowest BCUT2D eigenvalue weighted by molar-refractivity contribution is -0.126. The van der Waals surface area contributed by atoms with Gasteiger partial charge >= 0.3 is 6.03 Å². The van der Waals surface area contributed by atoms with Gasteiger partial charge in [-0.15, -0.1) is 0 Å². The molecular weight excluding hydrogens is 292 g/mol. The highest BCUT2D eigenvalue weighted by Gasteiger charge is 2.28. The van der Waals surface area contributed by atoms with Gasteiger partial charge in [-0.2, -0.15) is 0 Å². The fraction of sp³-hybridized carbons (Fsp3) is 0.588. The molecule has 0 atom stereocenters. The molecule has 0 unspecified atom stereocenters. The van der Waals surface area contributed by atoms with Gasteiger partial charge in [0.1, 0.15) is 0 Å². The van der Waals surface area contributed by atoms with Crippen LogP contribution in [0.4, 0.5) is 4.79 Å². The molecule has 2 heterocycles. The number of rotatable bonds is 3. The fourth-order valence-electron chi connectivity index (χ4n) is 2.58. The summed E-state index contributed by atoms with van der Waals surface area (Å²) in [7, 11) is 0. The van der Waals surface area contributed by atoms with Gasteiger partial charge in [-0.05, 0) is 45.2 Å². The second kappa shape index (κ2) is 7.44. The van der Waals surface area contributed by atoms with E-state index in [-0.39, 0.29) is 23.4 Å². The van der Waals surface area contributed by atoms with Gasteiger partial charge in [-0.25, -0.2) is 4.79 Å². The van der Waals surface area contributed by atoms with Crippen LogP contribution in [-0.2, 0) is 11.3 Å². The van der Waals surface area contributed by atoms with E-state index in [1.54, 1.807) is 17.3 Å². The number of piperidine rings is 1. The first kappa shape index (κ1) is 17.2. The minimum Gasteiger partial charge on any atom is -0.352 e. The summed E-state index contributed by atoms with van der Waals surface area (Å²) in [4.78, 5) is 30.2. The summed E-state index contributed by atoms with van der Waals surface area (Å²) in [5, 5.41) is 5.91. The first-order chi connectivity index (χ1) is 10.8. The Bertz CT molecular complexity index is 531. The van der Waals surface area contributed by atoms with Crippen LogP contribution in [0.15, 0.2) is 24.5 Å². The van der Waals surface area contributed by atoms with Crippen molar-refractivity contribution in [1.29, 1.82) is 0 Å². The zero-order chi connectivity index (χ0) is 16.9. The molecule has 0 spiro atoms. The maximum atomic E-state index is 12.2. The third-order valence-electron chi connectivity index (χ3n) is 3.82. The Balaban J connectivity index is 1.75. The smallest absolute Gasteiger partial charge is 0.317 e. The molecule has 3 amide bonds. The number of hydrogen-bond donors (Lipinski definition) is 2. The molecule has 0 saturated carbocycles. The van der Waals surface area contributed by atoms with Gasteiger partial charge in [0.25, 0.3) is 0 Å². The monoisotopic (exact) mass is 318 g/mol. The standard InChI is InChI=1S/C17H26N4O2/c1-17(2,3)20-16(23)21-9-6-14(7-10-21)15(22)19-12-13-5-4-8-18-11-13/h4-5,8,11,14H,6-7,9-10,12H2,1-3H3,(H,19,22)(H,20,23). The summed E-state index contributed by atoms with van der Waals surface area (Å²) in [5.41, 5.74) is 0.748. The fourth-order valence-corrected chi connectivity index (χ4v) is 2.58. The van der Waals surface area contributed by atoms with E-state index in [9.17, 15) is 9.59 Å². The molecule has 23 heavy (non-hydrogen) atoms. The average Bonchev–Trinajstić information content (AvgIpc) is 2.52. The molecule has 0 bridgehead atoms. The Morgan fingerprint density at radius 2 is 2.00 bits per heavy atom. The number of aromatic nitrogens is 1. The summed E-state index contributed by atoms with van der Waals surface area (Å²) in [6, 6.07) is 3.74. The van der Waals surface area contributed by atoms with Crippen molar-refractivity contribution in [3.05, 3.63) is 30.1 Å². The van der Waals surface area contributed by atoms with Crippen LogP contribution in [0, 0.1) is 5.92 Å². The van der Waals surface area contributed by atoms with E-state index in [2.05, 4.69) is 15.6 Å². The molecule has 2 rings (SSSR count). The van der Waals surface area contributed by atoms with Gasteiger partial charge in [-0.3, -0.25) is 9.78 Å². The molecule has 6 heteroatoms. The van der Waals surface area contributed by atoms with Gasteiger partial charge in [-0.1, -0.05) is 6.07 Å². The topological polar surface area (TPSA) is 74.3 Å². The lowest BCUT2D eigenvalue weighted by Crippen LogP contribution is -2.51. The minimum absolute atomic E-state index is 0.0228. The molecule has 1 saturated heterocycles. The lowest BCUT2D eigenvalue weighted by atomic mass is 9.96. The van der Waals surface area contributed by atoms with Crippen molar-refractivity contribution in [2.24, 2.45) is 5.92 Å². The highest BCUT2D eigenvalue weighted by molar-refractivity contribution is 5.79. The van der Waals surface area contributed by atoms with Crippen LogP contribution in [0.3, 0.4) is 0 Å². The van der Waals surface area contributed by atoms with Crippen LogP contribution in [0.25, 0.3) is 0 Å². The second-order valence-corrected chi connectivity index (χ2v) is 7.02. The summed E-state index contributed by atoms with van der Waals surface area (Å²) in [6.07, 6.45) is 4.87. The number of likely N-dealkylation sites (tertiary alicyclic amines) is 1. The molecule has 126 valence electrons. The van der Waals surface area contributed by atoms with E-state index in [1.807, 2.05) is 32.9 Å². The highest BCUT2D eigenvalue weighted by atomic mass is 16.2. The predicted molar refractivity (Wildman–Crippen MR) is 88.7 cm³/mol. The van der Waals surface area contributed by atoms with Crippen molar-refractivity contribution >= 4 is 11.9 Å². The average molecular weight is 318 g/mol. The predicted octanol–water partition coefficient (Wildman–Crippen LogP) is 1.92. The Morgan fingerprint density at radius 1 is 1.30 bits per heavy atom. The van der Waals surface area contributed by atoms with Crippen molar-refractivity contribution in [3.8, 4) is 0 Å². The summed E-state index contributed by atoms with van der Waals surface area (Å²) >= 11 is 0. The number of amides is 3. The van der Waals surface area contributed by atoms with Crippen LogP contribution in [0.2, 0.25) is 0 Å². The molecule has 0 radical (unpaired) electrons.